The fourth-order valence-electron chi connectivity index (χ4n) is 5.03. The van der Waals surface area contributed by atoms with E-state index in [9.17, 15) is 9.18 Å². The summed E-state index contributed by atoms with van der Waals surface area (Å²) in [6.45, 7) is 2.10. The highest BCUT2D eigenvalue weighted by Crippen LogP contribution is 2.31. The van der Waals surface area contributed by atoms with Gasteiger partial charge in [0.15, 0.2) is 5.65 Å². The second-order valence-corrected chi connectivity index (χ2v) is 10.1. The van der Waals surface area contributed by atoms with Gasteiger partial charge in [-0.05, 0) is 68.0 Å². The van der Waals surface area contributed by atoms with Gasteiger partial charge in [-0.15, -0.1) is 0 Å². The summed E-state index contributed by atoms with van der Waals surface area (Å²) in [5.74, 6) is 0.337. The number of fused-ring (bicyclic) bond motifs is 1. The molecule has 0 bridgehead atoms. The normalized spacial score (nSPS) is 15.9. The Bertz CT molecular complexity index is 1720. The molecule has 9 nitrogen and oxygen atoms in total. The lowest BCUT2D eigenvalue weighted by molar-refractivity contribution is 0.388. The zero-order chi connectivity index (χ0) is 26.4. The van der Waals surface area contributed by atoms with E-state index in [-0.39, 0.29) is 17.5 Å². The molecule has 1 N–H and O–H groups in total. The van der Waals surface area contributed by atoms with Crippen molar-refractivity contribution in [2.45, 2.75) is 19.0 Å². The van der Waals surface area contributed by atoms with Crippen molar-refractivity contribution in [1.29, 1.82) is 0 Å². The molecule has 4 heterocycles. The molecule has 1 atom stereocenters. The van der Waals surface area contributed by atoms with Crippen molar-refractivity contribution in [1.82, 2.24) is 33.6 Å². The number of nitrogens with one attached hydrogen (secondary N) is 1. The van der Waals surface area contributed by atoms with E-state index in [0.717, 1.165) is 30.8 Å². The van der Waals surface area contributed by atoms with Gasteiger partial charge in [-0.2, -0.15) is 10.2 Å². The van der Waals surface area contributed by atoms with E-state index in [0.29, 0.717) is 33.7 Å². The van der Waals surface area contributed by atoms with E-state index in [1.165, 1.54) is 16.7 Å². The number of likely N-dealkylation sites (tertiary alicyclic amines) is 1. The third-order valence-electron chi connectivity index (χ3n) is 7.05. The standard InChI is InChI=1S/C27H27FN8OS/c1-32-15-12-22(17-32)36-25-23(26(38)33(2)27(36)37)24(30-20-8-6-19(28)7-9-20)35(31-25)16-18-4-10-21(11-5-18)34-14-3-13-29-34/h3-11,13-14,22,30H,12,15-17H2,1-2H3. The Kier molecular flexibility index (Phi) is 6.16. The van der Waals surface area contributed by atoms with Gasteiger partial charge in [-0.1, -0.05) is 24.4 Å². The molecule has 6 rings (SSSR count). The van der Waals surface area contributed by atoms with Gasteiger partial charge in [-0.25, -0.2) is 18.5 Å². The first-order chi connectivity index (χ1) is 18.4. The molecule has 0 aliphatic carbocycles. The maximum absolute atomic E-state index is 13.6. The molecule has 5 aromatic rings. The van der Waals surface area contributed by atoms with Crippen LogP contribution in [0, 0.1) is 10.5 Å². The van der Waals surface area contributed by atoms with E-state index < -0.39 is 0 Å². The Hall–Kier alpha value is -4.09. The van der Waals surface area contributed by atoms with E-state index >= 15 is 0 Å². The van der Waals surface area contributed by atoms with Crippen molar-refractivity contribution >= 4 is 34.8 Å². The molecular formula is C27H27FN8OS. The summed E-state index contributed by atoms with van der Waals surface area (Å²) in [4.78, 5) is 15.7. The van der Waals surface area contributed by atoms with E-state index in [2.05, 4.69) is 22.4 Å². The molecule has 0 saturated carbocycles. The molecule has 2 aromatic carbocycles. The summed E-state index contributed by atoms with van der Waals surface area (Å²) in [5, 5.41) is 13.3. The Labute approximate surface area is 223 Å². The SMILES string of the molecule is CN1CCC(n2c(=O)n(C)c(=S)c3c(Nc4ccc(F)cc4)n(Cc4ccc(-n5cccn5)cc4)nc32)C1. The molecule has 1 fully saturated rings. The molecule has 11 heteroatoms. The van der Waals surface area contributed by atoms with Crippen LogP contribution in [0.2, 0.25) is 0 Å². The highest BCUT2D eigenvalue weighted by Gasteiger charge is 2.28. The van der Waals surface area contributed by atoms with Crippen LogP contribution in [0.5, 0.6) is 0 Å². The zero-order valence-electron chi connectivity index (χ0n) is 21.1. The van der Waals surface area contributed by atoms with Crippen molar-refractivity contribution in [2.75, 3.05) is 25.5 Å². The fraction of sp³-hybridized carbons (Fsp3) is 0.259. The molecule has 0 spiro atoms. The maximum Gasteiger partial charge on any atom is 0.330 e. The number of aromatic nitrogens is 6. The molecule has 1 saturated heterocycles. The minimum atomic E-state index is -0.319. The van der Waals surface area contributed by atoms with Crippen molar-refractivity contribution in [3.63, 3.8) is 0 Å². The number of hydrogen-bond acceptors (Lipinski definition) is 6. The number of halogens is 1. The lowest BCUT2D eigenvalue weighted by Crippen LogP contribution is -2.33. The summed E-state index contributed by atoms with van der Waals surface area (Å²) in [6, 6.07) is 16.1. The second-order valence-electron chi connectivity index (χ2n) is 9.68. The van der Waals surface area contributed by atoms with Crippen LogP contribution in [0.3, 0.4) is 0 Å². The van der Waals surface area contributed by atoms with Crippen molar-refractivity contribution in [2.24, 2.45) is 7.05 Å². The molecule has 3 aromatic heterocycles. The first kappa shape index (κ1) is 24.3. The Morgan fingerprint density at radius 2 is 1.87 bits per heavy atom. The Morgan fingerprint density at radius 1 is 1.11 bits per heavy atom. The van der Waals surface area contributed by atoms with Crippen LogP contribution >= 0.6 is 12.2 Å². The van der Waals surface area contributed by atoms with Gasteiger partial charge in [-0.3, -0.25) is 9.13 Å². The molecule has 194 valence electrons. The van der Waals surface area contributed by atoms with Crippen LogP contribution in [0.4, 0.5) is 15.9 Å². The minimum Gasteiger partial charge on any atom is -0.340 e. The van der Waals surface area contributed by atoms with Crippen molar-refractivity contribution < 1.29 is 4.39 Å². The predicted octanol–water partition coefficient (Wildman–Crippen LogP) is 4.26. The van der Waals surface area contributed by atoms with Crippen LogP contribution in [-0.4, -0.2) is 53.7 Å². The average Bonchev–Trinajstić information content (AvgIpc) is 3.67. The van der Waals surface area contributed by atoms with Gasteiger partial charge in [0.05, 0.1) is 23.7 Å². The summed E-state index contributed by atoms with van der Waals surface area (Å²) in [6.07, 6.45) is 4.49. The lowest BCUT2D eigenvalue weighted by Gasteiger charge is -2.16. The topological polar surface area (TPSA) is 77.8 Å². The predicted molar refractivity (Wildman–Crippen MR) is 147 cm³/mol. The van der Waals surface area contributed by atoms with Gasteiger partial charge >= 0.3 is 5.69 Å². The van der Waals surface area contributed by atoms with Crippen molar-refractivity contribution in [3.8, 4) is 5.69 Å². The van der Waals surface area contributed by atoms with Gasteiger partial charge < -0.3 is 10.2 Å². The van der Waals surface area contributed by atoms with Gasteiger partial charge in [0, 0.05) is 31.7 Å². The maximum atomic E-state index is 13.6. The van der Waals surface area contributed by atoms with Crippen LogP contribution in [0.25, 0.3) is 16.7 Å². The quantitative estimate of drug-likeness (QED) is 0.331. The smallest absolute Gasteiger partial charge is 0.330 e. The van der Waals surface area contributed by atoms with E-state index in [4.69, 9.17) is 17.3 Å². The third kappa shape index (κ3) is 4.33. The molecule has 0 amide bonds. The Morgan fingerprint density at radius 3 is 2.53 bits per heavy atom. The highest BCUT2D eigenvalue weighted by molar-refractivity contribution is 7.71. The Balaban J connectivity index is 1.50. The van der Waals surface area contributed by atoms with Crippen LogP contribution in [-0.2, 0) is 13.6 Å². The molecule has 1 aliphatic heterocycles. The first-order valence-corrected chi connectivity index (χ1v) is 12.8. The van der Waals surface area contributed by atoms with Gasteiger partial charge in [0.25, 0.3) is 0 Å². The largest absolute Gasteiger partial charge is 0.340 e. The number of nitrogens with zero attached hydrogens (tertiary/aromatic N) is 7. The molecule has 38 heavy (non-hydrogen) atoms. The summed E-state index contributed by atoms with van der Waals surface area (Å²) < 4.78 is 21.0. The van der Waals surface area contributed by atoms with Crippen LogP contribution < -0.4 is 11.0 Å². The van der Waals surface area contributed by atoms with Gasteiger partial charge in [0.2, 0.25) is 0 Å². The molecule has 1 aliphatic rings. The number of likely N-dealkylation sites (N-methyl/N-ethyl adjacent to an activating group) is 1. The fourth-order valence-corrected chi connectivity index (χ4v) is 5.30. The lowest BCUT2D eigenvalue weighted by atomic mass is 10.2. The van der Waals surface area contributed by atoms with Crippen LogP contribution in [0.1, 0.15) is 18.0 Å². The summed E-state index contributed by atoms with van der Waals surface area (Å²) in [5.41, 5.74) is 3.04. The molecular weight excluding hydrogens is 503 g/mol. The number of benzene rings is 2. The number of anilines is 2. The monoisotopic (exact) mass is 530 g/mol. The van der Waals surface area contributed by atoms with Gasteiger partial charge in [0.1, 0.15) is 16.3 Å². The summed E-state index contributed by atoms with van der Waals surface area (Å²) >= 11 is 5.78. The first-order valence-electron chi connectivity index (χ1n) is 12.4. The van der Waals surface area contributed by atoms with Crippen LogP contribution in [0.15, 0.2) is 71.8 Å². The minimum absolute atomic E-state index is 0.00725. The second kappa shape index (κ2) is 9.66. The molecule has 1 unspecified atom stereocenters. The third-order valence-corrected chi connectivity index (χ3v) is 7.53. The summed E-state index contributed by atoms with van der Waals surface area (Å²) in [7, 11) is 3.75. The number of hydrogen-bond donors (Lipinski definition) is 1. The molecule has 0 radical (unpaired) electrons. The number of rotatable bonds is 6. The highest BCUT2D eigenvalue weighted by atomic mass is 32.1. The zero-order valence-corrected chi connectivity index (χ0v) is 21.9. The average molecular weight is 531 g/mol. The van der Waals surface area contributed by atoms with E-state index in [1.807, 2.05) is 41.2 Å². The van der Waals surface area contributed by atoms with E-state index in [1.54, 1.807) is 34.6 Å². The van der Waals surface area contributed by atoms with Crippen molar-refractivity contribution in [3.05, 3.63) is 93.5 Å².